The van der Waals surface area contributed by atoms with Gasteiger partial charge in [-0.15, -0.1) is 0 Å². The number of rotatable bonds is 4. The number of sulfonamides is 1. The highest BCUT2D eigenvalue weighted by atomic mass is 32.2. The van der Waals surface area contributed by atoms with E-state index in [0.717, 1.165) is 17.7 Å². The van der Waals surface area contributed by atoms with Gasteiger partial charge in [-0.05, 0) is 47.7 Å². The summed E-state index contributed by atoms with van der Waals surface area (Å²) in [5.74, 6) is -0.463. The van der Waals surface area contributed by atoms with Gasteiger partial charge in [-0.3, -0.25) is 0 Å². The zero-order valence-corrected chi connectivity index (χ0v) is 14.6. The van der Waals surface area contributed by atoms with Crippen molar-refractivity contribution in [3.05, 3.63) is 65.5 Å². The SMILES string of the molecule is CC(NS(=O)(=O)c1ccc(F)cc1)c1ccc(C(C)(C)C)cc1. The average molecular weight is 335 g/mol. The molecule has 2 aromatic carbocycles. The third kappa shape index (κ3) is 4.39. The molecule has 0 spiro atoms. The minimum Gasteiger partial charge on any atom is -0.207 e. The van der Waals surface area contributed by atoms with Crippen molar-refractivity contribution in [2.24, 2.45) is 0 Å². The summed E-state index contributed by atoms with van der Waals surface area (Å²) in [6.45, 7) is 8.17. The lowest BCUT2D eigenvalue weighted by molar-refractivity contribution is 0.565. The number of benzene rings is 2. The standard InChI is InChI=1S/C18H22FNO2S/c1-13(14-5-7-15(8-6-14)18(2,3)4)20-23(21,22)17-11-9-16(19)10-12-17/h5-13,20H,1-4H3. The van der Waals surface area contributed by atoms with Crippen LogP contribution in [0, 0.1) is 5.82 Å². The minimum atomic E-state index is -3.68. The van der Waals surface area contributed by atoms with Gasteiger partial charge < -0.3 is 0 Å². The van der Waals surface area contributed by atoms with Crippen LogP contribution in [0.3, 0.4) is 0 Å². The lowest BCUT2D eigenvalue weighted by Crippen LogP contribution is -2.27. The fourth-order valence-electron chi connectivity index (χ4n) is 2.25. The van der Waals surface area contributed by atoms with Gasteiger partial charge in [0.15, 0.2) is 0 Å². The van der Waals surface area contributed by atoms with Crippen LogP contribution < -0.4 is 4.72 Å². The summed E-state index contributed by atoms with van der Waals surface area (Å²) in [5.41, 5.74) is 2.12. The maximum absolute atomic E-state index is 12.9. The molecule has 2 aromatic rings. The summed E-state index contributed by atoms with van der Waals surface area (Å²) in [5, 5.41) is 0. The Morgan fingerprint density at radius 1 is 0.957 bits per heavy atom. The monoisotopic (exact) mass is 335 g/mol. The Kier molecular flexibility index (Phi) is 4.92. The maximum Gasteiger partial charge on any atom is 0.241 e. The van der Waals surface area contributed by atoms with Crippen LogP contribution >= 0.6 is 0 Å². The summed E-state index contributed by atoms with van der Waals surface area (Å²) < 4.78 is 40.2. The van der Waals surface area contributed by atoms with Crippen LogP contribution in [0.15, 0.2) is 53.4 Å². The molecule has 0 aliphatic rings. The molecule has 0 aliphatic heterocycles. The maximum atomic E-state index is 12.9. The summed E-state index contributed by atoms with van der Waals surface area (Å²) in [7, 11) is -3.68. The summed E-state index contributed by atoms with van der Waals surface area (Å²) in [6.07, 6.45) is 0. The number of hydrogen-bond acceptors (Lipinski definition) is 2. The van der Waals surface area contributed by atoms with E-state index in [9.17, 15) is 12.8 Å². The van der Waals surface area contributed by atoms with E-state index in [2.05, 4.69) is 25.5 Å². The van der Waals surface area contributed by atoms with E-state index in [1.54, 1.807) is 6.92 Å². The molecule has 0 aliphatic carbocycles. The van der Waals surface area contributed by atoms with Gasteiger partial charge in [-0.2, -0.15) is 0 Å². The zero-order chi connectivity index (χ0) is 17.3. The second-order valence-electron chi connectivity index (χ2n) is 6.67. The molecule has 0 heterocycles. The predicted octanol–water partition coefficient (Wildman–Crippen LogP) is 4.16. The van der Waals surface area contributed by atoms with Gasteiger partial charge in [0.25, 0.3) is 0 Å². The molecule has 124 valence electrons. The Bertz CT molecular complexity index is 760. The third-order valence-electron chi connectivity index (χ3n) is 3.73. The van der Waals surface area contributed by atoms with Gasteiger partial charge in [-0.25, -0.2) is 17.5 Å². The normalized spacial score (nSPS) is 13.8. The molecule has 1 unspecified atom stereocenters. The van der Waals surface area contributed by atoms with Gasteiger partial charge in [0.1, 0.15) is 5.82 Å². The molecule has 0 bridgehead atoms. The molecule has 5 heteroatoms. The zero-order valence-electron chi connectivity index (χ0n) is 13.8. The molecule has 2 rings (SSSR count). The molecule has 0 aromatic heterocycles. The van der Waals surface area contributed by atoms with Crippen molar-refractivity contribution in [2.45, 2.75) is 44.0 Å². The minimum absolute atomic E-state index is 0.0510. The Morgan fingerprint density at radius 2 is 1.48 bits per heavy atom. The van der Waals surface area contributed by atoms with Crippen molar-refractivity contribution >= 4 is 10.0 Å². The van der Waals surface area contributed by atoms with Gasteiger partial charge in [-0.1, -0.05) is 45.0 Å². The van der Waals surface area contributed by atoms with Crippen molar-refractivity contribution in [2.75, 3.05) is 0 Å². The second-order valence-corrected chi connectivity index (χ2v) is 8.38. The summed E-state index contributed by atoms with van der Waals surface area (Å²) in [6, 6.07) is 12.3. The smallest absolute Gasteiger partial charge is 0.207 e. The topological polar surface area (TPSA) is 46.2 Å². The number of halogens is 1. The summed E-state index contributed by atoms with van der Waals surface area (Å²) in [4.78, 5) is 0.0528. The lowest BCUT2D eigenvalue weighted by Gasteiger charge is -2.20. The van der Waals surface area contributed by atoms with Gasteiger partial charge in [0, 0.05) is 6.04 Å². The molecule has 1 N–H and O–H groups in total. The lowest BCUT2D eigenvalue weighted by atomic mass is 9.86. The quantitative estimate of drug-likeness (QED) is 0.912. The third-order valence-corrected chi connectivity index (χ3v) is 5.29. The molecule has 23 heavy (non-hydrogen) atoms. The first-order valence-electron chi connectivity index (χ1n) is 7.48. The van der Waals surface area contributed by atoms with Crippen LogP contribution in [-0.2, 0) is 15.4 Å². The first-order valence-corrected chi connectivity index (χ1v) is 8.96. The van der Waals surface area contributed by atoms with E-state index in [1.807, 2.05) is 24.3 Å². The summed E-state index contributed by atoms with van der Waals surface area (Å²) >= 11 is 0. The van der Waals surface area contributed by atoms with Crippen LogP contribution in [0.5, 0.6) is 0 Å². The first kappa shape index (κ1) is 17.6. The van der Waals surface area contributed by atoms with Crippen LogP contribution in [0.4, 0.5) is 4.39 Å². The van der Waals surface area contributed by atoms with E-state index in [4.69, 9.17) is 0 Å². The molecule has 0 amide bonds. The molecule has 0 fully saturated rings. The largest absolute Gasteiger partial charge is 0.241 e. The van der Waals surface area contributed by atoms with Crippen LogP contribution in [0.2, 0.25) is 0 Å². The number of nitrogens with one attached hydrogen (secondary N) is 1. The first-order chi connectivity index (χ1) is 10.6. The molecule has 3 nitrogen and oxygen atoms in total. The van der Waals surface area contributed by atoms with Crippen LogP contribution in [0.1, 0.15) is 44.9 Å². The van der Waals surface area contributed by atoms with E-state index < -0.39 is 15.8 Å². The highest BCUT2D eigenvalue weighted by Gasteiger charge is 2.19. The highest BCUT2D eigenvalue weighted by Crippen LogP contribution is 2.24. The fourth-order valence-corrected chi connectivity index (χ4v) is 3.49. The Morgan fingerprint density at radius 3 is 1.96 bits per heavy atom. The van der Waals surface area contributed by atoms with E-state index in [1.165, 1.54) is 17.7 Å². The Hall–Kier alpha value is -1.72. The van der Waals surface area contributed by atoms with Crippen molar-refractivity contribution in [3.63, 3.8) is 0 Å². The van der Waals surface area contributed by atoms with Gasteiger partial charge >= 0.3 is 0 Å². The van der Waals surface area contributed by atoms with Crippen LogP contribution in [-0.4, -0.2) is 8.42 Å². The molecule has 0 radical (unpaired) electrons. The van der Waals surface area contributed by atoms with Crippen molar-refractivity contribution < 1.29 is 12.8 Å². The van der Waals surface area contributed by atoms with E-state index in [0.29, 0.717) is 0 Å². The number of hydrogen-bond donors (Lipinski definition) is 1. The van der Waals surface area contributed by atoms with Crippen molar-refractivity contribution in [1.29, 1.82) is 0 Å². The molecular formula is C18H22FNO2S. The Balaban J connectivity index is 2.18. The Labute approximate surface area is 137 Å². The van der Waals surface area contributed by atoms with Gasteiger partial charge in [0.2, 0.25) is 10.0 Å². The van der Waals surface area contributed by atoms with Crippen LogP contribution in [0.25, 0.3) is 0 Å². The average Bonchev–Trinajstić information content (AvgIpc) is 2.46. The predicted molar refractivity (Wildman–Crippen MR) is 90.3 cm³/mol. The fraction of sp³-hybridized carbons (Fsp3) is 0.333. The molecule has 0 saturated carbocycles. The van der Waals surface area contributed by atoms with E-state index >= 15 is 0 Å². The van der Waals surface area contributed by atoms with Crippen molar-refractivity contribution in [3.8, 4) is 0 Å². The molecular weight excluding hydrogens is 313 g/mol. The second kappa shape index (κ2) is 6.42. The van der Waals surface area contributed by atoms with Gasteiger partial charge in [0.05, 0.1) is 4.90 Å². The molecule has 0 saturated heterocycles. The van der Waals surface area contributed by atoms with E-state index in [-0.39, 0.29) is 16.4 Å². The van der Waals surface area contributed by atoms with Crippen molar-refractivity contribution in [1.82, 2.24) is 4.72 Å². The molecule has 1 atom stereocenters. The highest BCUT2D eigenvalue weighted by molar-refractivity contribution is 7.89.